The van der Waals surface area contributed by atoms with Crippen molar-refractivity contribution >= 4 is 17.5 Å². The molecule has 0 bridgehead atoms. The molecule has 1 aliphatic rings. The van der Waals surface area contributed by atoms with Crippen molar-refractivity contribution in [1.29, 1.82) is 0 Å². The van der Waals surface area contributed by atoms with Crippen molar-refractivity contribution in [2.24, 2.45) is 4.99 Å². The normalized spacial score (nSPS) is 21.1. The molecule has 0 amide bonds. The molecule has 3 heteroatoms. The van der Waals surface area contributed by atoms with Gasteiger partial charge in [-0.05, 0) is 31.2 Å². The van der Waals surface area contributed by atoms with Crippen LogP contribution >= 0.6 is 11.6 Å². The second-order valence-corrected chi connectivity index (χ2v) is 3.54. The molecule has 1 aromatic carbocycles. The van der Waals surface area contributed by atoms with Gasteiger partial charge in [0.1, 0.15) is 6.61 Å². The first-order valence-corrected chi connectivity index (χ1v) is 4.60. The van der Waals surface area contributed by atoms with E-state index in [2.05, 4.69) is 4.99 Å². The second-order valence-electron chi connectivity index (χ2n) is 3.10. The molecule has 0 unspecified atom stereocenters. The fourth-order valence-corrected chi connectivity index (χ4v) is 1.35. The van der Waals surface area contributed by atoms with Crippen molar-refractivity contribution in [2.45, 2.75) is 13.0 Å². The molecule has 0 spiro atoms. The minimum Gasteiger partial charge on any atom is -0.475 e. The van der Waals surface area contributed by atoms with Crippen molar-refractivity contribution < 1.29 is 4.74 Å². The van der Waals surface area contributed by atoms with Gasteiger partial charge in [0.25, 0.3) is 0 Å². The number of hydrogen-bond donors (Lipinski definition) is 0. The van der Waals surface area contributed by atoms with Crippen LogP contribution in [-0.2, 0) is 4.74 Å². The van der Waals surface area contributed by atoms with E-state index < -0.39 is 0 Å². The number of aliphatic imine (C=N–C) groups is 1. The molecule has 68 valence electrons. The number of benzene rings is 1. The molecular weight excluding hydrogens is 186 g/mol. The largest absolute Gasteiger partial charge is 0.475 e. The molecule has 1 heterocycles. The molecule has 1 atom stereocenters. The summed E-state index contributed by atoms with van der Waals surface area (Å²) in [6.45, 7) is 2.71. The maximum Gasteiger partial charge on any atom is 0.216 e. The maximum atomic E-state index is 5.77. The van der Waals surface area contributed by atoms with E-state index in [1.807, 2.05) is 31.2 Å². The third-order valence-electron chi connectivity index (χ3n) is 1.89. The van der Waals surface area contributed by atoms with Gasteiger partial charge in [0.15, 0.2) is 0 Å². The van der Waals surface area contributed by atoms with Crippen LogP contribution in [0.15, 0.2) is 29.3 Å². The van der Waals surface area contributed by atoms with E-state index in [1.165, 1.54) is 0 Å². The lowest BCUT2D eigenvalue weighted by molar-refractivity contribution is 0.324. The highest BCUT2D eigenvalue weighted by atomic mass is 35.5. The minimum absolute atomic E-state index is 0.269. The number of rotatable bonds is 1. The number of ether oxygens (including phenoxy) is 1. The predicted molar refractivity (Wildman–Crippen MR) is 53.4 cm³/mol. The highest BCUT2D eigenvalue weighted by Gasteiger charge is 2.15. The Kier molecular flexibility index (Phi) is 2.23. The molecular formula is C10H10ClNO. The van der Waals surface area contributed by atoms with Crippen molar-refractivity contribution in [3.8, 4) is 0 Å². The van der Waals surface area contributed by atoms with E-state index in [0.717, 1.165) is 16.5 Å². The van der Waals surface area contributed by atoms with Crippen LogP contribution in [0.2, 0.25) is 5.02 Å². The highest BCUT2D eigenvalue weighted by Crippen LogP contribution is 2.14. The Labute approximate surface area is 82.2 Å². The van der Waals surface area contributed by atoms with Gasteiger partial charge in [-0.25, -0.2) is 4.99 Å². The monoisotopic (exact) mass is 195 g/mol. The van der Waals surface area contributed by atoms with Crippen molar-refractivity contribution in [3.05, 3.63) is 34.9 Å². The van der Waals surface area contributed by atoms with Crippen LogP contribution in [-0.4, -0.2) is 18.5 Å². The zero-order chi connectivity index (χ0) is 9.26. The fraction of sp³-hybridized carbons (Fsp3) is 0.300. The summed E-state index contributed by atoms with van der Waals surface area (Å²) in [6, 6.07) is 7.78. The van der Waals surface area contributed by atoms with Crippen LogP contribution in [0.3, 0.4) is 0 Å². The Balaban J connectivity index is 2.26. The van der Waals surface area contributed by atoms with E-state index in [0.29, 0.717) is 6.61 Å². The van der Waals surface area contributed by atoms with Crippen molar-refractivity contribution in [2.75, 3.05) is 6.61 Å². The summed E-state index contributed by atoms with van der Waals surface area (Å²) < 4.78 is 5.40. The summed E-state index contributed by atoms with van der Waals surface area (Å²) in [5, 5.41) is 0.732. The van der Waals surface area contributed by atoms with Crippen molar-refractivity contribution in [3.63, 3.8) is 0 Å². The maximum absolute atomic E-state index is 5.77. The molecule has 0 N–H and O–H groups in total. The minimum atomic E-state index is 0.269. The van der Waals surface area contributed by atoms with Gasteiger partial charge >= 0.3 is 0 Å². The highest BCUT2D eigenvalue weighted by molar-refractivity contribution is 6.30. The van der Waals surface area contributed by atoms with Crippen LogP contribution in [0.25, 0.3) is 0 Å². The summed E-state index contributed by atoms with van der Waals surface area (Å²) in [5.74, 6) is 0.726. The molecule has 1 aliphatic heterocycles. The molecule has 13 heavy (non-hydrogen) atoms. The molecule has 0 saturated carbocycles. The summed E-state index contributed by atoms with van der Waals surface area (Å²) in [4.78, 5) is 4.34. The molecule has 0 fully saturated rings. The van der Waals surface area contributed by atoms with Gasteiger partial charge in [0.2, 0.25) is 5.90 Å². The lowest BCUT2D eigenvalue weighted by Gasteiger charge is -2.00. The van der Waals surface area contributed by atoms with Crippen molar-refractivity contribution in [1.82, 2.24) is 0 Å². The first kappa shape index (κ1) is 8.57. The Morgan fingerprint density at radius 1 is 1.38 bits per heavy atom. The number of nitrogens with zero attached hydrogens (tertiary/aromatic N) is 1. The third kappa shape index (κ3) is 1.83. The van der Waals surface area contributed by atoms with Gasteiger partial charge in [-0.3, -0.25) is 0 Å². The van der Waals surface area contributed by atoms with Crippen LogP contribution in [0.4, 0.5) is 0 Å². The van der Waals surface area contributed by atoms with Gasteiger partial charge in [-0.15, -0.1) is 0 Å². The van der Waals surface area contributed by atoms with E-state index >= 15 is 0 Å². The summed E-state index contributed by atoms with van der Waals surface area (Å²) in [5.41, 5.74) is 0.994. The standard InChI is InChI=1S/C10H10ClNO/c1-7-6-13-10(12-7)8-2-4-9(11)5-3-8/h2-5,7H,6H2,1H3/t7-/m0/s1. The van der Waals surface area contributed by atoms with Gasteiger partial charge in [-0.2, -0.15) is 0 Å². The molecule has 0 saturated heterocycles. The Morgan fingerprint density at radius 2 is 2.08 bits per heavy atom. The van der Waals surface area contributed by atoms with E-state index in [4.69, 9.17) is 16.3 Å². The smallest absolute Gasteiger partial charge is 0.216 e. The number of hydrogen-bond acceptors (Lipinski definition) is 2. The lowest BCUT2D eigenvalue weighted by atomic mass is 10.2. The van der Waals surface area contributed by atoms with Crippen LogP contribution < -0.4 is 0 Å². The van der Waals surface area contributed by atoms with Gasteiger partial charge in [0.05, 0.1) is 6.04 Å². The van der Waals surface area contributed by atoms with E-state index in [9.17, 15) is 0 Å². The summed E-state index contributed by atoms with van der Waals surface area (Å²) in [6.07, 6.45) is 0. The Hall–Kier alpha value is -1.02. The average Bonchev–Trinajstić information content (AvgIpc) is 2.53. The van der Waals surface area contributed by atoms with Gasteiger partial charge < -0.3 is 4.74 Å². The van der Waals surface area contributed by atoms with E-state index in [1.54, 1.807) is 0 Å². The molecule has 1 aromatic rings. The average molecular weight is 196 g/mol. The van der Waals surface area contributed by atoms with Gasteiger partial charge in [-0.1, -0.05) is 11.6 Å². The Bertz CT molecular complexity index is 331. The van der Waals surface area contributed by atoms with Gasteiger partial charge in [0, 0.05) is 10.6 Å². The molecule has 0 aliphatic carbocycles. The molecule has 0 aromatic heterocycles. The number of halogens is 1. The molecule has 2 rings (SSSR count). The predicted octanol–water partition coefficient (Wildman–Crippen LogP) is 2.51. The SMILES string of the molecule is C[C@H]1COC(c2ccc(Cl)cc2)=N1. The lowest BCUT2D eigenvalue weighted by Crippen LogP contribution is -2.01. The zero-order valence-corrected chi connectivity index (χ0v) is 8.08. The van der Waals surface area contributed by atoms with Crippen LogP contribution in [0.5, 0.6) is 0 Å². The first-order valence-electron chi connectivity index (χ1n) is 4.22. The second kappa shape index (κ2) is 3.38. The fourth-order valence-electron chi connectivity index (χ4n) is 1.22. The topological polar surface area (TPSA) is 21.6 Å². The molecule has 2 nitrogen and oxygen atoms in total. The van der Waals surface area contributed by atoms with E-state index in [-0.39, 0.29) is 6.04 Å². The van der Waals surface area contributed by atoms with Crippen LogP contribution in [0.1, 0.15) is 12.5 Å². The summed E-state index contributed by atoms with van der Waals surface area (Å²) >= 11 is 5.77. The third-order valence-corrected chi connectivity index (χ3v) is 2.14. The summed E-state index contributed by atoms with van der Waals surface area (Å²) in [7, 11) is 0. The first-order chi connectivity index (χ1) is 6.25. The van der Waals surface area contributed by atoms with Crippen LogP contribution in [0, 0.1) is 0 Å². The molecule has 0 radical (unpaired) electrons. The zero-order valence-electron chi connectivity index (χ0n) is 7.33. The Morgan fingerprint density at radius 3 is 2.62 bits per heavy atom. The quantitative estimate of drug-likeness (QED) is 0.675.